The van der Waals surface area contributed by atoms with Gasteiger partial charge in [-0.1, -0.05) is 24.3 Å². The largest absolute Gasteiger partial charge is 0.451 e. The zero-order valence-electron chi connectivity index (χ0n) is 16.2. The van der Waals surface area contributed by atoms with Crippen LogP contribution in [0.5, 0.6) is 0 Å². The topological polar surface area (TPSA) is 110 Å². The number of rotatable bonds is 6. The highest BCUT2D eigenvalue weighted by Gasteiger charge is 2.47. The van der Waals surface area contributed by atoms with Crippen molar-refractivity contribution in [2.75, 3.05) is 11.9 Å². The number of anilines is 1. The zero-order valence-corrected chi connectivity index (χ0v) is 16.2. The predicted molar refractivity (Wildman–Crippen MR) is 103 cm³/mol. The third-order valence-electron chi connectivity index (χ3n) is 5.10. The van der Waals surface area contributed by atoms with Gasteiger partial charge in [0.1, 0.15) is 6.54 Å². The Morgan fingerprint density at radius 3 is 2.34 bits per heavy atom. The minimum absolute atomic E-state index is 0.142. The Bertz CT molecular complexity index is 880. The van der Waals surface area contributed by atoms with E-state index in [9.17, 15) is 24.0 Å². The Morgan fingerprint density at radius 1 is 1.14 bits per heavy atom. The monoisotopic (exact) mass is 398 g/mol. The van der Waals surface area contributed by atoms with Crippen molar-refractivity contribution in [1.82, 2.24) is 4.90 Å². The molecule has 152 valence electrons. The minimum Gasteiger partial charge on any atom is -0.451 e. The second kappa shape index (κ2) is 8.38. The molecule has 3 amide bonds. The lowest BCUT2D eigenvalue weighted by Crippen LogP contribution is -2.39. The molecule has 1 N–H and O–H groups in total. The van der Waals surface area contributed by atoms with Crippen LogP contribution in [-0.4, -0.2) is 47.0 Å². The number of imide groups is 1. The summed E-state index contributed by atoms with van der Waals surface area (Å²) in [7, 11) is 0. The van der Waals surface area contributed by atoms with Crippen molar-refractivity contribution in [1.29, 1.82) is 0 Å². The van der Waals surface area contributed by atoms with Crippen molar-refractivity contribution >= 4 is 35.2 Å². The van der Waals surface area contributed by atoms with Crippen LogP contribution >= 0.6 is 0 Å². The highest BCUT2D eigenvalue weighted by molar-refractivity contribution is 6.07. The Labute approximate surface area is 167 Å². The number of carbonyl (C=O) groups excluding carboxylic acids is 5. The molecule has 1 heterocycles. The predicted octanol–water partition coefficient (Wildman–Crippen LogP) is 1.71. The summed E-state index contributed by atoms with van der Waals surface area (Å²) in [4.78, 5) is 61.6. The van der Waals surface area contributed by atoms with Crippen LogP contribution in [0, 0.1) is 11.8 Å². The Kier molecular flexibility index (Phi) is 5.91. The van der Waals surface area contributed by atoms with Crippen LogP contribution in [0.1, 0.15) is 37.0 Å². The van der Waals surface area contributed by atoms with Crippen LogP contribution in [0.2, 0.25) is 0 Å². The molecule has 0 unspecified atom stereocenters. The van der Waals surface area contributed by atoms with E-state index in [0.29, 0.717) is 24.1 Å². The first-order chi connectivity index (χ1) is 13.8. The molecule has 1 aromatic carbocycles. The number of esters is 1. The van der Waals surface area contributed by atoms with E-state index in [1.807, 2.05) is 12.2 Å². The van der Waals surface area contributed by atoms with E-state index < -0.39 is 36.4 Å². The highest BCUT2D eigenvalue weighted by Crippen LogP contribution is 2.34. The number of Topliss-reactive ketones (excluding diaryl/α,β-unsaturated/α-hetero) is 1. The number of allylic oxidation sites excluding steroid dienone is 2. The number of likely N-dealkylation sites (tertiary alicyclic amines) is 1. The number of hydrogen-bond acceptors (Lipinski definition) is 6. The van der Waals surface area contributed by atoms with E-state index in [1.54, 1.807) is 18.2 Å². The average molecular weight is 398 g/mol. The van der Waals surface area contributed by atoms with Crippen molar-refractivity contribution < 1.29 is 28.7 Å². The molecule has 0 spiro atoms. The molecule has 1 aliphatic carbocycles. The van der Waals surface area contributed by atoms with Gasteiger partial charge in [-0.15, -0.1) is 0 Å². The van der Waals surface area contributed by atoms with Gasteiger partial charge in [0.25, 0.3) is 5.91 Å². The van der Waals surface area contributed by atoms with Gasteiger partial charge in [-0.25, -0.2) is 0 Å². The molecule has 1 aromatic rings. The van der Waals surface area contributed by atoms with E-state index in [2.05, 4.69) is 5.32 Å². The van der Waals surface area contributed by atoms with Gasteiger partial charge in [-0.3, -0.25) is 28.9 Å². The number of hydrogen-bond donors (Lipinski definition) is 1. The van der Waals surface area contributed by atoms with E-state index in [-0.39, 0.29) is 17.6 Å². The molecule has 0 radical (unpaired) electrons. The number of amides is 3. The smallest absolute Gasteiger partial charge is 0.326 e. The summed E-state index contributed by atoms with van der Waals surface area (Å²) in [5.74, 6) is -3.16. The number of ketones is 1. The summed E-state index contributed by atoms with van der Waals surface area (Å²) in [6, 6.07) is 6.38. The van der Waals surface area contributed by atoms with Crippen molar-refractivity contribution in [2.24, 2.45) is 11.8 Å². The number of nitrogens with one attached hydrogen (secondary N) is 1. The number of benzene rings is 1. The number of nitrogens with zero attached hydrogens (tertiary/aromatic N) is 1. The van der Waals surface area contributed by atoms with Crippen molar-refractivity contribution in [3.05, 3.63) is 42.0 Å². The summed E-state index contributed by atoms with van der Waals surface area (Å²) >= 11 is 0. The first kappa shape index (κ1) is 20.4. The maximum Gasteiger partial charge on any atom is 0.326 e. The lowest BCUT2D eigenvalue weighted by Gasteiger charge is -2.17. The molecular weight excluding hydrogens is 376 g/mol. The first-order valence-electron chi connectivity index (χ1n) is 9.39. The molecule has 3 rings (SSSR count). The lowest BCUT2D eigenvalue weighted by molar-refractivity contribution is -0.158. The van der Waals surface area contributed by atoms with Crippen LogP contribution < -0.4 is 5.32 Å². The fraction of sp³-hybridized carbons (Fsp3) is 0.381. The van der Waals surface area contributed by atoms with Crippen molar-refractivity contribution in [2.45, 2.75) is 32.8 Å². The van der Waals surface area contributed by atoms with Gasteiger partial charge in [0.2, 0.25) is 11.8 Å². The standard InChI is InChI=1S/C21H22N2O6/c1-12(24)14-6-5-7-15(10-14)22-19(26)13(2)29-18(25)11-23-20(27)16-8-3-4-9-17(16)21(23)28/h3-7,10,13,16-17H,8-9,11H2,1-2H3,(H,22,26)/t13-,16-,17+/m0/s1. The third kappa shape index (κ3) is 4.42. The van der Waals surface area contributed by atoms with E-state index in [1.165, 1.54) is 19.9 Å². The number of fused-ring (bicyclic) bond motifs is 1. The molecule has 2 aliphatic rings. The number of ether oxygens (including phenoxy) is 1. The SMILES string of the molecule is CC(=O)c1cccc(NC(=O)[C@H](C)OC(=O)CN2C(=O)[C@H]3CC=CC[C@H]3C2=O)c1. The van der Waals surface area contributed by atoms with Gasteiger partial charge in [0, 0.05) is 11.3 Å². The fourth-order valence-electron chi connectivity index (χ4n) is 3.50. The summed E-state index contributed by atoms with van der Waals surface area (Å²) in [5.41, 5.74) is 0.835. The average Bonchev–Trinajstić information content (AvgIpc) is 2.93. The molecule has 1 aliphatic heterocycles. The van der Waals surface area contributed by atoms with Crippen molar-refractivity contribution in [3.8, 4) is 0 Å². The molecule has 8 heteroatoms. The molecular formula is C21H22N2O6. The quantitative estimate of drug-likeness (QED) is 0.338. The van der Waals surface area contributed by atoms with Crippen LogP contribution in [0.15, 0.2) is 36.4 Å². The lowest BCUT2D eigenvalue weighted by atomic mass is 9.85. The first-order valence-corrected chi connectivity index (χ1v) is 9.39. The third-order valence-corrected chi connectivity index (χ3v) is 5.10. The molecule has 29 heavy (non-hydrogen) atoms. The molecule has 0 bridgehead atoms. The minimum atomic E-state index is -1.14. The highest BCUT2D eigenvalue weighted by atomic mass is 16.5. The molecule has 1 fully saturated rings. The van der Waals surface area contributed by atoms with Crippen LogP contribution in [0.4, 0.5) is 5.69 Å². The summed E-state index contributed by atoms with van der Waals surface area (Å²) in [6.45, 7) is 2.29. The maximum absolute atomic E-state index is 12.4. The Balaban J connectivity index is 1.56. The normalized spacial score (nSPS) is 21.5. The number of carbonyl (C=O) groups is 5. The Morgan fingerprint density at radius 2 is 1.76 bits per heavy atom. The Hall–Kier alpha value is -3.29. The van der Waals surface area contributed by atoms with Gasteiger partial charge in [-0.2, -0.15) is 0 Å². The summed E-state index contributed by atoms with van der Waals surface area (Å²) in [5, 5.41) is 2.57. The second-order valence-electron chi connectivity index (χ2n) is 7.18. The fourth-order valence-corrected chi connectivity index (χ4v) is 3.50. The van der Waals surface area contributed by atoms with Gasteiger partial charge >= 0.3 is 5.97 Å². The van der Waals surface area contributed by atoms with E-state index in [0.717, 1.165) is 4.90 Å². The molecule has 0 aromatic heterocycles. The van der Waals surface area contributed by atoms with Gasteiger partial charge in [0.15, 0.2) is 11.9 Å². The van der Waals surface area contributed by atoms with Gasteiger partial charge < -0.3 is 10.1 Å². The summed E-state index contributed by atoms with van der Waals surface area (Å²) in [6.07, 6.45) is 3.56. The van der Waals surface area contributed by atoms with Gasteiger partial charge in [-0.05, 0) is 38.8 Å². The van der Waals surface area contributed by atoms with Crippen LogP contribution in [-0.2, 0) is 23.9 Å². The van der Waals surface area contributed by atoms with Crippen LogP contribution in [0.3, 0.4) is 0 Å². The molecule has 1 saturated heterocycles. The van der Waals surface area contributed by atoms with Crippen molar-refractivity contribution in [3.63, 3.8) is 0 Å². The van der Waals surface area contributed by atoms with Gasteiger partial charge in [0.05, 0.1) is 11.8 Å². The zero-order chi connectivity index (χ0) is 21.1. The summed E-state index contributed by atoms with van der Waals surface area (Å²) < 4.78 is 5.09. The van der Waals surface area contributed by atoms with E-state index in [4.69, 9.17) is 4.74 Å². The van der Waals surface area contributed by atoms with E-state index >= 15 is 0 Å². The van der Waals surface area contributed by atoms with Crippen LogP contribution in [0.25, 0.3) is 0 Å². The molecule has 3 atom stereocenters. The molecule has 8 nitrogen and oxygen atoms in total. The second-order valence-corrected chi connectivity index (χ2v) is 7.18. The molecule has 0 saturated carbocycles. The maximum atomic E-state index is 12.4.